The van der Waals surface area contributed by atoms with E-state index in [9.17, 15) is 40.5 Å². The predicted molar refractivity (Wildman–Crippen MR) is 252 cm³/mol. The van der Waals surface area contributed by atoms with Gasteiger partial charge < -0.3 is 50.5 Å². The van der Waals surface area contributed by atoms with Crippen molar-refractivity contribution in [2.24, 2.45) is 0 Å². The van der Waals surface area contributed by atoms with E-state index < -0.39 is 74.2 Å². The van der Waals surface area contributed by atoms with Crippen LogP contribution in [0.5, 0.6) is 0 Å². The van der Waals surface area contributed by atoms with Crippen molar-refractivity contribution in [2.75, 3.05) is 13.2 Å². The molecular formula is C51H95NO10. The Labute approximate surface area is 377 Å². The van der Waals surface area contributed by atoms with Crippen molar-refractivity contribution in [3.8, 4) is 0 Å². The fourth-order valence-corrected chi connectivity index (χ4v) is 7.94. The number of hydrogen-bond donors (Lipinski definition) is 8. The second-order valence-electron chi connectivity index (χ2n) is 17.9. The summed E-state index contributed by atoms with van der Waals surface area (Å²) < 4.78 is 11.1. The summed E-state index contributed by atoms with van der Waals surface area (Å²) in [6.07, 6.45) is 36.4. The van der Waals surface area contributed by atoms with Crippen LogP contribution in [-0.4, -0.2) is 110 Å². The molecule has 0 aromatic rings. The molecule has 0 aliphatic carbocycles. The van der Waals surface area contributed by atoms with Crippen LogP contribution in [-0.2, 0) is 14.3 Å². The highest BCUT2D eigenvalue weighted by Crippen LogP contribution is 2.23. The van der Waals surface area contributed by atoms with E-state index >= 15 is 0 Å². The average molecular weight is 882 g/mol. The molecule has 8 N–H and O–H groups in total. The molecule has 1 aliphatic heterocycles. The quantitative estimate of drug-likeness (QED) is 0.0217. The minimum Gasteiger partial charge on any atom is -0.394 e. The van der Waals surface area contributed by atoms with E-state index in [0.29, 0.717) is 19.3 Å². The first-order valence-electron chi connectivity index (χ1n) is 25.4. The van der Waals surface area contributed by atoms with E-state index in [0.717, 1.165) is 44.9 Å². The first kappa shape index (κ1) is 58.3. The van der Waals surface area contributed by atoms with Crippen molar-refractivity contribution in [3.05, 3.63) is 36.5 Å². The Morgan fingerprint density at radius 1 is 0.548 bits per heavy atom. The minimum atomic E-state index is -1.67. The number of aliphatic hydroxyl groups excluding tert-OH is 7. The molecule has 0 saturated carbocycles. The second-order valence-corrected chi connectivity index (χ2v) is 17.9. The summed E-state index contributed by atoms with van der Waals surface area (Å²) in [6.45, 7) is 3.40. The molecule has 0 spiro atoms. The van der Waals surface area contributed by atoms with Gasteiger partial charge in [-0.15, -0.1) is 0 Å². The Kier molecular flexibility index (Phi) is 38.4. The molecule has 1 aliphatic rings. The number of carbonyl (C=O) groups is 1. The maximum atomic E-state index is 13.0. The number of rotatable bonds is 42. The molecular weight excluding hydrogens is 787 g/mol. The third-order valence-electron chi connectivity index (χ3n) is 12.2. The molecule has 0 aromatic heterocycles. The zero-order valence-electron chi connectivity index (χ0n) is 39.4. The summed E-state index contributed by atoms with van der Waals surface area (Å²) >= 11 is 0. The van der Waals surface area contributed by atoms with Gasteiger partial charge in [-0.3, -0.25) is 4.79 Å². The van der Waals surface area contributed by atoms with Crippen LogP contribution >= 0.6 is 0 Å². The van der Waals surface area contributed by atoms with E-state index in [1.807, 2.05) is 0 Å². The van der Waals surface area contributed by atoms with E-state index in [1.165, 1.54) is 122 Å². The molecule has 1 fully saturated rings. The zero-order valence-corrected chi connectivity index (χ0v) is 39.4. The highest BCUT2D eigenvalue weighted by molar-refractivity contribution is 5.80. The van der Waals surface area contributed by atoms with Gasteiger partial charge in [-0.2, -0.15) is 0 Å². The molecule has 62 heavy (non-hydrogen) atoms. The molecule has 1 amide bonds. The molecule has 11 nitrogen and oxygen atoms in total. The lowest BCUT2D eigenvalue weighted by molar-refractivity contribution is -0.303. The standard InChI is InChI=1S/C51H95NO10/c1-3-5-7-9-11-13-15-16-17-18-19-20-21-22-23-24-25-26-27-28-29-31-32-34-36-38-43(54)46(56)42(41-61-51-49(59)48(58)47(57)45(40-53)62-51)52-50(60)44(55)39-37-35-33-30-14-12-10-8-6-4-2/h22-23,26-27,31-32,42-49,51,53-59H,3-21,24-25,28-30,33-41H2,1-2H3,(H,52,60)/b23-22+,27-26+,32-31+. The zero-order chi connectivity index (χ0) is 45.5. The van der Waals surface area contributed by atoms with E-state index in [2.05, 4.69) is 55.6 Å². The van der Waals surface area contributed by atoms with Crippen molar-refractivity contribution < 1.29 is 50.0 Å². The Balaban J connectivity index is 2.38. The van der Waals surface area contributed by atoms with E-state index in [-0.39, 0.29) is 12.8 Å². The van der Waals surface area contributed by atoms with Gasteiger partial charge >= 0.3 is 0 Å². The molecule has 1 saturated heterocycles. The molecule has 9 unspecified atom stereocenters. The first-order chi connectivity index (χ1) is 30.2. The topological polar surface area (TPSA) is 189 Å². The summed E-state index contributed by atoms with van der Waals surface area (Å²) in [5.74, 6) is -0.715. The smallest absolute Gasteiger partial charge is 0.249 e. The number of hydrogen-bond acceptors (Lipinski definition) is 10. The van der Waals surface area contributed by atoms with Crippen molar-refractivity contribution in [2.45, 2.75) is 268 Å². The van der Waals surface area contributed by atoms with Gasteiger partial charge in [-0.25, -0.2) is 0 Å². The first-order valence-corrected chi connectivity index (χ1v) is 25.4. The number of amides is 1. The van der Waals surface area contributed by atoms with Crippen molar-refractivity contribution >= 4 is 5.91 Å². The molecule has 1 heterocycles. The highest BCUT2D eigenvalue weighted by atomic mass is 16.7. The molecule has 11 heteroatoms. The van der Waals surface area contributed by atoms with Crippen LogP contribution in [0.1, 0.15) is 213 Å². The second kappa shape index (κ2) is 40.8. The van der Waals surface area contributed by atoms with Gasteiger partial charge in [0.25, 0.3) is 0 Å². The molecule has 9 atom stereocenters. The summed E-state index contributed by atoms with van der Waals surface area (Å²) in [4.78, 5) is 13.0. The molecule has 1 rings (SSSR count). The molecule has 0 radical (unpaired) electrons. The van der Waals surface area contributed by atoms with Crippen LogP contribution in [0.15, 0.2) is 36.5 Å². The Hall–Kier alpha value is -1.67. The highest BCUT2D eigenvalue weighted by Gasteiger charge is 2.44. The number of carbonyl (C=O) groups excluding carboxylic acids is 1. The maximum absolute atomic E-state index is 13.0. The van der Waals surface area contributed by atoms with Gasteiger partial charge in [0.1, 0.15) is 36.6 Å². The number of nitrogens with one attached hydrogen (secondary N) is 1. The van der Waals surface area contributed by atoms with Crippen LogP contribution in [0, 0.1) is 0 Å². The fraction of sp³-hybridized carbons (Fsp3) is 0.863. The van der Waals surface area contributed by atoms with Gasteiger partial charge in [0.15, 0.2) is 6.29 Å². The number of allylic oxidation sites excluding steroid dienone is 6. The van der Waals surface area contributed by atoms with Gasteiger partial charge in [0.05, 0.1) is 25.4 Å². The normalized spacial score (nSPS) is 21.6. The van der Waals surface area contributed by atoms with Gasteiger partial charge in [0.2, 0.25) is 5.91 Å². The lowest BCUT2D eigenvalue weighted by Gasteiger charge is -2.40. The lowest BCUT2D eigenvalue weighted by atomic mass is 9.98. The summed E-state index contributed by atoms with van der Waals surface area (Å²) in [5.41, 5.74) is 0. The van der Waals surface area contributed by atoms with Gasteiger partial charge in [0, 0.05) is 0 Å². The maximum Gasteiger partial charge on any atom is 0.249 e. The van der Waals surface area contributed by atoms with Gasteiger partial charge in [-0.1, -0.05) is 185 Å². The van der Waals surface area contributed by atoms with Crippen LogP contribution in [0.4, 0.5) is 0 Å². The van der Waals surface area contributed by atoms with Crippen LogP contribution in [0.25, 0.3) is 0 Å². The van der Waals surface area contributed by atoms with Crippen LogP contribution in [0.2, 0.25) is 0 Å². The predicted octanol–water partition coefficient (Wildman–Crippen LogP) is 9.17. The van der Waals surface area contributed by atoms with Crippen LogP contribution < -0.4 is 5.32 Å². The Morgan fingerprint density at radius 3 is 1.44 bits per heavy atom. The SMILES string of the molecule is CCCCCCCCCCCCCC/C=C/CC/C=C/CC/C=C/CCCC(O)C(O)C(COC1OC(CO)C(O)C(O)C1O)NC(=O)C(O)CCCCCCCCCCCC. The third-order valence-corrected chi connectivity index (χ3v) is 12.2. The molecule has 364 valence electrons. The monoisotopic (exact) mass is 882 g/mol. The minimum absolute atomic E-state index is 0.242. The van der Waals surface area contributed by atoms with Crippen molar-refractivity contribution in [3.63, 3.8) is 0 Å². The van der Waals surface area contributed by atoms with Gasteiger partial charge in [-0.05, 0) is 64.2 Å². The Bertz CT molecular complexity index is 1100. The van der Waals surface area contributed by atoms with E-state index in [1.54, 1.807) is 0 Å². The van der Waals surface area contributed by atoms with Crippen molar-refractivity contribution in [1.29, 1.82) is 0 Å². The molecule has 0 bridgehead atoms. The summed E-state index contributed by atoms with van der Waals surface area (Å²) in [7, 11) is 0. The van der Waals surface area contributed by atoms with Crippen molar-refractivity contribution in [1.82, 2.24) is 5.32 Å². The fourth-order valence-electron chi connectivity index (χ4n) is 7.94. The third kappa shape index (κ3) is 29.7. The van der Waals surface area contributed by atoms with Crippen LogP contribution in [0.3, 0.4) is 0 Å². The van der Waals surface area contributed by atoms with E-state index in [4.69, 9.17) is 9.47 Å². The summed E-state index contributed by atoms with van der Waals surface area (Å²) in [6, 6.07) is -1.19. The largest absolute Gasteiger partial charge is 0.394 e. The number of unbranched alkanes of at least 4 members (excludes halogenated alkanes) is 24. The number of ether oxygens (including phenoxy) is 2. The lowest BCUT2D eigenvalue weighted by Crippen LogP contribution is -2.60. The Morgan fingerprint density at radius 2 is 0.968 bits per heavy atom. The summed E-state index contributed by atoms with van der Waals surface area (Å²) in [5, 5.41) is 75.6. The molecule has 0 aromatic carbocycles. The number of aliphatic hydroxyl groups is 7. The average Bonchev–Trinajstić information content (AvgIpc) is 3.27.